The lowest BCUT2D eigenvalue weighted by Crippen LogP contribution is -2.47. The Kier molecular flexibility index (Phi) is 5.43. The number of aliphatic hydroxyl groups is 1. The molecule has 2 heterocycles. The summed E-state index contributed by atoms with van der Waals surface area (Å²) in [5, 5.41) is 13.6. The van der Waals surface area contributed by atoms with Gasteiger partial charge in [0.05, 0.1) is 13.0 Å². The van der Waals surface area contributed by atoms with Crippen LogP contribution < -0.4 is 10.1 Å². The summed E-state index contributed by atoms with van der Waals surface area (Å²) in [5.74, 6) is -0.155. The summed E-state index contributed by atoms with van der Waals surface area (Å²) in [7, 11) is 0. The Morgan fingerprint density at radius 1 is 1.41 bits per heavy atom. The molecule has 2 N–H and O–H groups in total. The number of nitrogens with one attached hydrogen (secondary N) is 1. The van der Waals surface area contributed by atoms with Gasteiger partial charge in [-0.05, 0) is 25.0 Å². The third kappa shape index (κ3) is 4.24. The summed E-state index contributed by atoms with van der Waals surface area (Å²) in [6.45, 7) is 2.06. The molecule has 0 saturated carbocycles. The van der Waals surface area contributed by atoms with Crippen LogP contribution in [0.5, 0.6) is 5.75 Å². The zero-order valence-electron chi connectivity index (χ0n) is 14.5. The Morgan fingerprint density at radius 3 is 2.81 bits per heavy atom. The molecular weight excluding hydrogens is 381 g/mol. The van der Waals surface area contributed by atoms with E-state index >= 15 is 0 Å². The van der Waals surface area contributed by atoms with Gasteiger partial charge in [-0.3, -0.25) is 4.79 Å². The molecular formula is C18H19F3N2O3S. The van der Waals surface area contributed by atoms with Crippen LogP contribution in [-0.2, 0) is 16.8 Å². The normalized spacial score (nSPS) is 18.9. The monoisotopic (exact) mass is 400 g/mol. The zero-order chi connectivity index (χ0) is 19.7. The summed E-state index contributed by atoms with van der Waals surface area (Å²) < 4.78 is 45.9. The number of carbonyl (C=O) groups is 1. The van der Waals surface area contributed by atoms with Gasteiger partial charge in [-0.25, -0.2) is 4.98 Å². The van der Waals surface area contributed by atoms with Crippen molar-refractivity contribution in [3.8, 4) is 5.75 Å². The standard InChI is InChI=1S/C18H19F3N2O3S/c1-11-10-27-16(23-11)17(25,18(19,20)21)7-15(24)22-8-12-6-13-4-2-3-5-14(13)26-9-12/h2-5,10,12,25H,6-9H2,1H3,(H,22,24)/t12-,17+/m1/s1. The highest BCUT2D eigenvalue weighted by Crippen LogP contribution is 2.42. The molecule has 0 fully saturated rings. The maximum atomic E-state index is 13.4. The first kappa shape index (κ1) is 19.6. The van der Waals surface area contributed by atoms with Crippen molar-refractivity contribution in [2.75, 3.05) is 13.2 Å². The quantitative estimate of drug-likeness (QED) is 0.810. The second kappa shape index (κ2) is 7.47. The molecule has 0 bridgehead atoms. The molecule has 0 saturated heterocycles. The average Bonchev–Trinajstić information content (AvgIpc) is 3.05. The van der Waals surface area contributed by atoms with Crippen molar-refractivity contribution in [2.24, 2.45) is 5.92 Å². The Bertz CT molecular complexity index is 824. The van der Waals surface area contributed by atoms with Crippen molar-refractivity contribution in [1.29, 1.82) is 0 Å². The van der Waals surface area contributed by atoms with Gasteiger partial charge in [0.2, 0.25) is 11.5 Å². The number of amides is 1. The fourth-order valence-corrected chi connectivity index (χ4v) is 3.83. The summed E-state index contributed by atoms with van der Waals surface area (Å²) in [6, 6.07) is 7.50. The zero-order valence-corrected chi connectivity index (χ0v) is 15.4. The molecule has 1 aromatic heterocycles. The first-order valence-electron chi connectivity index (χ1n) is 8.38. The number of alkyl halides is 3. The number of aryl methyl sites for hydroxylation is 1. The Balaban J connectivity index is 1.62. The number of fused-ring (bicyclic) bond motifs is 1. The van der Waals surface area contributed by atoms with Gasteiger partial charge in [-0.1, -0.05) is 18.2 Å². The van der Waals surface area contributed by atoms with E-state index in [-0.39, 0.29) is 12.5 Å². The number of aromatic nitrogens is 1. The average molecular weight is 400 g/mol. The predicted molar refractivity (Wildman–Crippen MR) is 93.6 cm³/mol. The van der Waals surface area contributed by atoms with E-state index in [1.54, 1.807) is 0 Å². The Morgan fingerprint density at radius 2 is 2.15 bits per heavy atom. The number of nitrogens with zero attached hydrogens (tertiary/aromatic N) is 1. The van der Waals surface area contributed by atoms with Crippen molar-refractivity contribution in [1.82, 2.24) is 10.3 Å². The lowest BCUT2D eigenvalue weighted by molar-refractivity contribution is -0.267. The van der Waals surface area contributed by atoms with Crippen LogP contribution >= 0.6 is 11.3 Å². The number of carbonyl (C=O) groups excluding carboxylic acids is 1. The molecule has 3 rings (SSSR count). The molecule has 0 radical (unpaired) electrons. The number of rotatable bonds is 5. The number of para-hydroxylation sites is 1. The van der Waals surface area contributed by atoms with Crippen LogP contribution in [0.15, 0.2) is 29.6 Å². The topological polar surface area (TPSA) is 71.5 Å². The molecule has 5 nitrogen and oxygen atoms in total. The van der Waals surface area contributed by atoms with Gasteiger partial charge in [0.25, 0.3) is 0 Å². The molecule has 1 aliphatic rings. The minimum absolute atomic E-state index is 0.0510. The van der Waals surface area contributed by atoms with Crippen LogP contribution in [0.25, 0.3) is 0 Å². The molecule has 0 spiro atoms. The molecule has 1 amide bonds. The predicted octanol–water partition coefficient (Wildman–Crippen LogP) is 2.96. The van der Waals surface area contributed by atoms with Gasteiger partial charge < -0.3 is 15.2 Å². The molecule has 9 heteroatoms. The molecule has 27 heavy (non-hydrogen) atoms. The van der Waals surface area contributed by atoms with Crippen molar-refractivity contribution in [3.05, 3.63) is 45.9 Å². The van der Waals surface area contributed by atoms with E-state index in [0.29, 0.717) is 30.1 Å². The number of hydrogen-bond donors (Lipinski definition) is 2. The Labute approximate surface area is 158 Å². The van der Waals surface area contributed by atoms with E-state index in [4.69, 9.17) is 4.74 Å². The van der Waals surface area contributed by atoms with Gasteiger partial charge in [0.1, 0.15) is 10.8 Å². The first-order valence-corrected chi connectivity index (χ1v) is 9.26. The van der Waals surface area contributed by atoms with E-state index in [1.165, 1.54) is 12.3 Å². The smallest absolute Gasteiger partial charge is 0.424 e. The number of hydrogen-bond acceptors (Lipinski definition) is 5. The highest BCUT2D eigenvalue weighted by atomic mass is 32.1. The molecule has 146 valence electrons. The van der Waals surface area contributed by atoms with E-state index in [1.807, 2.05) is 24.3 Å². The molecule has 0 unspecified atom stereocenters. The van der Waals surface area contributed by atoms with Crippen LogP contribution in [0.3, 0.4) is 0 Å². The highest BCUT2D eigenvalue weighted by Gasteiger charge is 2.58. The van der Waals surface area contributed by atoms with Crippen LogP contribution in [-0.4, -0.2) is 35.3 Å². The van der Waals surface area contributed by atoms with Gasteiger partial charge in [-0.15, -0.1) is 11.3 Å². The van der Waals surface area contributed by atoms with Gasteiger partial charge in [-0.2, -0.15) is 13.2 Å². The second-order valence-corrected chi connectivity index (χ2v) is 7.48. The molecule has 1 aliphatic heterocycles. The SMILES string of the molecule is Cc1csc([C@@](O)(CC(=O)NC[C@@H]2COc3ccccc3C2)C(F)(F)F)n1. The Hall–Kier alpha value is -2.13. The third-order valence-electron chi connectivity index (χ3n) is 4.40. The maximum absolute atomic E-state index is 13.4. The summed E-state index contributed by atoms with van der Waals surface area (Å²) in [4.78, 5) is 15.9. The van der Waals surface area contributed by atoms with E-state index in [2.05, 4.69) is 10.3 Å². The van der Waals surface area contributed by atoms with Crippen molar-refractivity contribution in [3.63, 3.8) is 0 Å². The molecule has 0 aliphatic carbocycles. The molecule has 2 atom stereocenters. The van der Waals surface area contributed by atoms with E-state index < -0.39 is 29.1 Å². The maximum Gasteiger partial charge on any atom is 0.424 e. The summed E-state index contributed by atoms with van der Waals surface area (Å²) >= 11 is 0.683. The number of benzene rings is 1. The van der Waals surface area contributed by atoms with Crippen LogP contribution in [0, 0.1) is 12.8 Å². The number of ether oxygens (including phenoxy) is 1. The molecule has 2 aromatic rings. The van der Waals surface area contributed by atoms with Gasteiger partial charge in [0.15, 0.2) is 0 Å². The first-order chi connectivity index (χ1) is 12.7. The fraction of sp³-hybridized carbons (Fsp3) is 0.444. The minimum Gasteiger partial charge on any atom is -0.493 e. The summed E-state index contributed by atoms with van der Waals surface area (Å²) in [5.41, 5.74) is -1.95. The highest BCUT2D eigenvalue weighted by molar-refractivity contribution is 7.09. The lowest BCUT2D eigenvalue weighted by Gasteiger charge is -2.29. The third-order valence-corrected chi connectivity index (χ3v) is 5.51. The fourth-order valence-electron chi connectivity index (χ4n) is 2.92. The lowest BCUT2D eigenvalue weighted by atomic mass is 9.96. The number of halogens is 3. The van der Waals surface area contributed by atoms with E-state index in [0.717, 1.165) is 11.3 Å². The van der Waals surface area contributed by atoms with Gasteiger partial charge in [0, 0.05) is 23.5 Å². The minimum atomic E-state index is -5.01. The second-order valence-electron chi connectivity index (χ2n) is 6.62. The van der Waals surface area contributed by atoms with Crippen LogP contribution in [0.2, 0.25) is 0 Å². The van der Waals surface area contributed by atoms with Crippen LogP contribution in [0.1, 0.15) is 22.7 Å². The number of thiazole rings is 1. The van der Waals surface area contributed by atoms with Crippen LogP contribution in [0.4, 0.5) is 13.2 Å². The molecule has 1 aromatic carbocycles. The summed E-state index contributed by atoms with van der Waals surface area (Å²) in [6.07, 6.45) is -5.49. The largest absolute Gasteiger partial charge is 0.493 e. The van der Waals surface area contributed by atoms with E-state index in [9.17, 15) is 23.1 Å². The van der Waals surface area contributed by atoms with Crippen molar-refractivity contribution >= 4 is 17.2 Å². The van der Waals surface area contributed by atoms with Gasteiger partial charge >= 0.3 is 6.18 Å². The van der Waals surface area contributed by atoms with Crippen molar-refractivity contribution in [2.45, 2.75) is 31.5 Å². The van der Waals surface area contributed by atoms with Crippen molar-refractivity contribution < 1.29 is 27.8 Å².